The average molecular weight is 270 g/mol. The Morgan fingerprint density at radius 3 is 2.70 bits per heavy atom. The van der Waals surface area contributed by atoms with E-state index in [1.807, 2.05) is 22.9 Å². The van der Waals surface area contributed by atoms with E-state index >= 15 is 0 Å². The molecule has 6 heteroatoms. The Morgan fingerprint density at radius 1 is 1.60 bits per heavy atom. The molecule has 0 atom stereocenters. The third-order valence-electron chi connectivity index (χ3n) is 0.925. The second-order valence-electron chi connectivity index (χ2n) is 1.52. The molecule has 10 heavy (non-hydrogen) atoms. The molecule has 1 aromatic rings. The van der Waals surface area contributed by atoms with E-state index in [1.54, 1.807) is 0 Å². The van der Waals surface area contributed by atoms with E-state index in [1.165, 1.54) is 6.33 Å². The standard InChI is InChI=1S/C4H4ClIN4/c5-3-2(10-6)4(7)9-1-8-3/h1,10H,(H2,7,8,9). The number of rotatable bonds is 1. The molecule has 0 bridgehead atoms. The van der Waals surface area contributed by atoms with Gasteiger partial charge in [0.2, 0.25) is 0 Å². The number of nitrogens with one attached hydrogen (secondary N) is 1. The predicted octanol–water partition coefficient (Wildman–Crippen LogP) is 1.47. The maximum absolute atomic E-state index is 5.63. The molecule has 4 nitrogen and oxygen atoms in total. The predicted molar refractivity (Wildman–Crippen MR) is 49.1 cm³/mol. The Balaban J connectivity index is 3.17. The quantitative estimate of drug-likeness (QED) is 0.461. The summed E-state index contributed by atoms with van der Waals surface area (Å²) in [6, 6.07) is 0. The zero-order valence-corrected chi connectivity index (χ0v) is 7.72. The molecule has 0 aromatic carbocycles. The van der Waals surface area contributed by atoms with Crippen molar-refractivity contribution in [1.29, 1.82) is 0 Å². The van der Waals surface area contributed by atoms with Crippen LogP contribution in [0.1, 0.15) is 0 Å². The van der Waals surface area contributed by atoms with Crippen LogP contribution >= 0.6 is 34.5 Å². The van der Waals surface area contributed by atoms with E-state index in [0.717, 1.165) is 0 Å². The van der Waals surface area contributed by atoms with Gasteiger partial charge in [-0.25, -0.2) is 9.97 Å². The molecule has 0 aliphatic carbocycles. The molecule has 0 saturated heterocycles. The molecular formula is C4H4ClIN4. The van der Waals surface area contributed by atoms with E-state index in [0.29, 0.717) is 16.7 Å². The second-order valence-corrected chi connectivity index (χ2v) is 2.42. The summed E-state index contributed by atoms with van der Waals surface area (Å²) in [5.74, 6) is 0.356. The van der Waals surface area contributed by atoms with Crippen molar-refractivity contribution in [3.8, 4) is 0 Å². The Hall–Kier alpha value is -0.300. The number of anilines is 2. The van der Waals surface area contributed by atoms with E-state index in [2.05, 4.69) is 13.5 Å². The highest BCUT2D eigenvalue weighted by molar-refractivity contribution is 14.1. The molecule has 0 unspecified atom stereocenters. The van der Waals surface area contributed by atoms with E-state index in [4.69, 9.17) is 17.3 Å². The molecule has 0 spiro atoms. The minimum atomic E-state index is 0.335. The highest BCUT2D eigenvalue weighted by Gasteiger charge is 2.03. The SMILES string of the molecule is Nc1ncnc(Cl)c1NI. The van der Waals surface area contributed by atoms with Crippen LogP contribution in [0, 0.1) is 0 Å². The van der Waals surface area contributed by atoms with Gasteiger partial charge in [-0.05, 0) is 0 Å². The van der Waals surface area contributed by atoms with Crippen molar-refractivity contribution in [2.24, 2.45) is 0 Å². The summed E-state index contributed by atoms with van der Waals surface area (Å²) in [5.41, 5.74) is 5.99. The van der Waals surface area contributed by atoms with Crippen LogP contribution < -0.4 is 9.26 Å². The lowest BCUT2D eigenvalue weighted by molar-refractivity contribution is 1.18. The molecule has 0 aliphatic heterocycles. The monoisotopic (exact) mass is 270 g/mol. The molecular weight excluding hydrogens is 266 g/mol. The van der Waals surface area contributed by atoms with Crippen molar-refractivity contribution in [2.45, 2.75) is 0 Å². The van der Waals surface area contributed by atoms with Crippen LogP contribution in [0.3, 0.4) is 0 Å². The van der Waals surface area contributed by atoms with Crippen LogP contribution in [0.4, 0.5) is 11.5 Å². The van der Waals surface area contributed by atoms with Crippen molar-refractivity contribution < 1.29 is 0 Å². The molecule has 0 amide bonds. The maximum Gasteiger partial charge on any atom is 0.158 e. The molecule has 54 valence electrons. The van der Waals surface area contributed by atoms with E-state index < -0.39 is 0 Å². The highest BCUT2D eigenvalue weighted by atomic mass is 127. The van der Waals surface area contributed by atoms with Crippen molar-refractivity contribution >= 4 is 46.0 Å². The van der Waals surface area contributed by atoms with Crippen molar-refractivity contribution in [2.75, 3.05) is 9.26 Å². The Morgan fingerprint density at radius 2 is 2.30 bits per heavy atom. The summed E-state index contributed by atoms with van der Waals surface area (Å²) in [5, 5.41) is 0.335. The minimum Gasteiger partial charge on any atom is -0.382 e. The largest absolute Gasteiger partial charge is 0.382 e. The summed E-state index contributed by atoms with van der Waals surface area (Å²) in [6.07, 6.45) is 1.31. The molecule has 0 aliphatic rings. The smallest absolute Gasteiger partial charge is 0.158 e. The third-order valence-corrected chi connectivity index (χ3v) is 1.75. The van der Waals surface area contributed by atoms with Crippen molar-refractivity contribution in [1.82, 2.24) is 9.97 Å². The van der Waals surface area contributed by atoms with Gasteiger partial charge in [0.25, 0.3) is 0 Å². The summed E-state index contributed by atoms with van der Waals surface area (Å²) in [7, 11) is 0. The number of halogens is 2. The lowest BCUT2D eigenvalue weighted by atomic mass is 10.5. The number of hydrogen-bond acceptors (Lipinski definition) is 4. The summed E-state index contributed by atoms with van der Waals surface area (Å²) >= 11 is 7.54. The highest BCUT2D eigenvalue weighted by Crippen LogP contribution is 2.24. The topological polar surface area (TPSA) is 63.8 Å². The van der Waals surface area contributed by atoms with E-state index in [-0.39, 0.29) is 0 Å². The van der Waals surface area contributed by atoms with Gasteiger partial charge >= 0.3 is 0 Å². The lowest BCUT2D eigenvalue weighted by Gasteiger charge is -2.01. The van der Waals surface area contributed by atoms with Crippen LogP contribution in [0.2, 0.25) is 5.15 Å². The first-order chi connectivity index (χ1) is 4.75. The number of nitrogen functional groups attached to an aromatic ring is 1. The Bertz CT molecular complexity index is 220. The van der Waals surface area contributed by atoms with Crippen molar-refractivity contribution in [3.05, 3.63) is 11.5 Å². The van der Waals surface area contributed by atoms with Crippen molar-refractivity contribution in [3.63, 3.8) is 0 Å². The molecule has 0 fully saturated rings. The zero-order valence-electron chi connectivity index (χ0n) is 4.81. The lowest BCUT2D eigenvalue weighted by Crippen LogP contribution is -1.96. The summed E-state index contributed by atoms with van der Waals surface area (Å²) < 4.78 is 2.75. The van der Waals surface area contributed by atoms with Gasteiger partial charge in [-0.2, -0.15) is 0 Å². The van der Waals surface area contributed by atoms with Gasteiger partial charge in [0.15, 0.2) is 11.0 Å². The summed E-state index contributed by atoms with van der Waals surface area (Å²) in [6.45, 7) is 0. The van der Waals surface area contributed by atoms with Crippen LogP contribution in [0.15, 0.2) is 6.33 Å². The number of nitrogens with zero attached hydrogens (tertiary/aromatic N) is 2. The van der Waals surface area contributed by atoms with Crippen LogP contribution in [0.25, 0.3) is 0 Å². The average Bonchev–Trinajstić information content (AvgIpc) is 1.88. The van der Waals surface area contributed by atoms with Gasteiger partial charge in [0.1, 0.15) is 12.0 Å². The fraction of sp³-hybridized carbons (Fsp3) is 0. The van der Waals surface area contributed by atoms with Crippen LogP contribution in [0.5, 0.6) is 0 Å². The van der Waals surface area contributed by atoms with Crippen LogP contribution in [-0.2, 0) is 0 Å². The molecule has 0 radical (unpaired) electrons. The van der Waals surface area contributed by atoms with Gasteiger partial charge in [-0.3, -0.25) is 0 Å². The fourth-order valence-corrected chi connectivity index (χ4v) is 1.34. The number of aromatic nitrogens is 2. The molecule has 1 heterocycles. The van der Waals surface area contributed by atoms with Gasteiger partial charge in [-0.1, -0.05) is 11.6 Å². The summed E-state index contributed by atoms with van der Waals surface area (Å²) in [4.78, 5) is 7.44. The van der Waals surface area contributed by atoms with Gasteiger partial charge in [0, 0.05) is 0 Å². The van der Waals surface area contributed by atoms with Gasteiger partial charge < -0.3 is 9.26 Å². The first kappa shape index (κ1) is 7.80. The zero-order chi connectivity index (χ0) is 7.56. The Kier molecular flexibility index (Phi) is 2.50. The molecule has 3 N–H and O–H groups in total. The molecule has 0 saturated carbocycles. The Labute approximate surface area is 76.7 Å². The first-order valence-electron chi connectivity index (χ1n) is 2.38. The normalized spacial score (nSPS) is 9.40. The minimum absolute atomic E-state index is 0.335. The second kappa shape index (κ2) is 3.20. The van der Waals surface area contributed by atoms with Gasteiger partial charge in [-0.15, -0.1) is 0 Å². The van der Waals surface area contributed by atoms with E-state index in [9.17, 15) is 0 Å². The molecule has 1 aromatic heterocycles. The van der Waals surface area contributed by atoms with Crippen LogP contribution in [-0.4, -0.2) is 9.97 Å². The third kappa shape index (κ3) is 1.40. The van der Waals surface area contributed by atoms with Gasteiger partial charge in [0.05, 0.1) is 22.9 Å². The first-order valence-corrected chi connectivity index (χ1v) is 3.84. The fourth-order valence-electron chi connectivity index (χ4n) is 0.464. The maximum atomic E-state index is 5.63. The number of hydrogen-bond donors (Lipinski definition) is 2. The molecule has 1 rings (SSSR count). The number of nitrogens with two attached hydrogens (primary N) is 1.